The number of hydrogen-bond acceptors (Lipinski definition) is 5. The molecule has 5 rings (SSSR count). The number of carbonyl (C=O) groups excluding carboxylic acids is 1. The van der Waals surface area contributed by atoms with Crippen LogP contribution in [-0.2, 0) is 17.3 Å². The van der Waals surface area contributed by atoms with E-state index in [1.165, 1.54) is 0 Å². The van der Waals surface area contributed by atoms with Crippen molar-refractivity contribution in [2.24, 2.45) is 17.3 Å². The van der Waals surface area contributed by atoms with Crippen LogP contribution in [0.25, 0.3) is 11.1 Å². The maximum absolute atomic E-state index is 15.1. The Morgan fingerprint density at radius 2 is 2.10 bits per heavy atom. The number of nitrogens with zero attached hydrogens (tertiary/aromatic N) is 4. The number of aryl methyl sites for hydroxylation is 1. The van der Waals surface area contributed by atoms with Gasteiger partial charge in [-0.05, 0) is 37.5 Å². The highest BCUT2D eigenvalue weighted by Crippen LogP contribution is 2.53. The minimum Gasteiger partial charge on any atom is -0.362 e. The van der Waals surface area contributed by atoms with Gasteiger partial charge >= 0.3 is 0 Å². The summed E-state index contributed by atoms with van der Waals surface area (Å²) < 4.78 is 16.8. The van der Waals surface area contributed by atoms with Crippen molar-refractivity contribution in [3.63, 3.8) is 0 Å². The van der Waals surface area contributed by atoms with Crippen molar-refractivity contribution < 1.29 is 9.18 Å². The molecule has 0 radical (unpaired) electrons. The van der Waals surface area contributed by atoms with Gasteiger partial charge in [0, 0.05) is 42.0 Å². The van der Waals surface area contributed by atoms with Gasteiger partial charge in [-0.15, -0.1) is 5.11 Å². The summed E-state index contributed by atoms with van der Waals surface area (Å²) in [6, 6.07) is 7.93. The Labute approximate surface area is 180 Å². The van der Waals surface area contributed by atoms with Crippen LogP contribution in [0.15, 0.2) is 69.7 Å². The summed E-state index contributed by atoms with van der Waals surface area (Å²) >= 11 is 0. The van der Waals surface area contributed by atoms with Crippen LogP contribution in [0.5, 0.6) is 0 Å². The molecule has 2 N–H and O–H groups in total. The summed E-state index contributed by atoms with van der Waals surface area (Å²) in [4.78, 5) is 13.4. The van der Waals surface area contributed by atoms with Gasteiger partial charge in [-0.1, -0.05) is 25.1 Å². The van der Waals surface area contributed by atoms with Crippen molar-refractivity contribution in [3.05, 3.63) is 65.0 Å². The molecule has 0 fully saturated rings. The van der Waals surface area contributed by atoms with E-state index >= 15 is 4.39 Å². The van der Waals surface area contributed by atoms with Gasteiger partial charge in [0.2, 0.25) is 5.95 Å². The van der Waals surface area contributed by atoms with Crippen LogP contribution in [0.1, 0.15) is 39.2 Å². The van der Waals surface area contributed by atoms with Crippen LogP contribution in [0.3, 0.4) is 0 Å². The van der Waals surface area contributed by atoms with E-state index < -0.39 is 23.1 Å². The number of benzene rings is 1. The predicted octanol–water partition coefficient (Wildman–Crippen LogP) is 3.86. The van der Waals surface area contributed by atoms with E-state index in [0.717, 1.165) is 22.4 Å². The highest BCUT2D eigenvalue weighted by Gasteiger charge is 2.55. The number of carbonyl (C=O) groups is 1. The average Bonchev–Trinajstić information content (AvgIpc) is 3.31. The molecule has 8 heteroatoms. The summed E-state index contributed by atoms with van der Waals surface area (Å²) in [5, 5.41) is 18.6. The predicted molar refractivity (Wildman–Crippen MR) is 114 cm³/mol. The topological polar surface area (TPSA) is 83.7 Å². The van der Waals surface area contributed by atoms with Crippen molar-refractivity contribution in [2.75, 3.05) is 0 Å². The summed E-state index contributed by atoms with van der Waals surface area (Å²) in [6.07, 6.45) is 4.23. The summed E-state index contributed by atoms with van der Waals surface area (Å²) in [5.41, 5.74) is 3.18. The number of azo groups is 1. The monoisotopic (exact) mass is 420 g/mol. The van der Waals surface area contributed by atoms with Crippen LogP contribution < -0.4 is 10.6 Å². The maximum atomic E-state index is 15.1. The fourth-order valence-electron chi connectivity index (χ4n) is 5.20. The molecule has 1 aromatic carbocycles. The van der Waals surface area contributed by atoms with Gasteiger partial charge in [0.15, 0.2) is 6.17 Å². The lowest BCUT2D eigenvalue weighted by Gasteiger charge is -2.48. The molecule has 7 nitrogen and oxygen atoms in total. The minimum absolute atomic E-state index is 0.182. The SMILES string of the molecule is CC[C@@]1(c2cccc(-c3cnn(C)c3)c2)C2=C(CC(C)(C)NC2=O)NC2N=NC(F)=C21. The Hall–Kier alpha value is -3.29. The summed E-state index contributed by atoms with van der Waals surface area (Å²) in [7, 11) is 1.87. The first-order chi connectivity index (χ1) is 14.7. The highest BCUT2D eigenvalue weighted by atomic mass is 19.1. The normalized spacial score (nSPS) is 26.5. The van der Waals surface area contributed by atoms with E-state index in [2.05, 4.69) is 26.0 Å². The van der Waals surface area contributed by atoms with Crippen LogP contribution in [0.4, 0.5) is 4.39 Å². The number of nitrogens with one attached hydrogen (secondary N) is 2. The van der Waals surface area contributed by atoms with Gasteiger partial charge in [0.1, 0.15) is 0 Å². The molecule has 0 bridgehead atoms. The van der Waals surface area contributed by atoms with Gasteiger partial charge in [-0.2, -0.15) is 14.6 Å². The smallest absolute Gasteiger partial charge is 0.250 e. The quantitative estimate of drug-likeness (QED) is 0.740. The molecular formula is C23H25FN6O. The van der Waals surface area contributed by atoms with Crippen molar-refractivity contribution in [2.45, 2.75) is 50.7 Å². The molecule has 31 heavy (non-hydrogen) atoms. The zero-order chi connectivity index (χ0) is 22.0. The van der Waals surface area contributed by atoms with Crippen molar-refractivity contribution in [3.8, 4) is 11.1 Å². The number of halogens is 1. The van der Waals surface area contributed by atoms with E-state index in [-0.39, 0.29) is 5.91 Å². The Morgan fingerprint density at radius 3 is 2.81 bits per heavy atom. The Morgan fingerprint density at radius 1 is 1.29 bits per heavy atom. The van der Waals surface area contributed by atoms with Crippen LogP contribution >= 0.6 is 0 Å². The minimum atomic E-state index is -0.961. The third-order valence-corrected chi connectivity index (χ3v) is 6.48. The van der Waals surface area contributed by atoms with Crippen molar-refractivity contribution in [1.29, 1.82) is 0 Å². The second kappa shape index (κ2) is 6.60. The molecule has 4 heterocycles. The van der Waals surface area contributed by atoms with E-state index in [1.807, 2.05) is 58.3 Å². The first-order valence-corrected chi connectivity index (χ1v) is 10.5. The molecule has 0 saturated carbocycles. The molecule has 1 unspecified atom stereocenters. The fourth-order valence-corrected chi connectivity index (χ4v) is 5.20. The zero-order valence-electron chi connectivity index (χ0n) is 18.0. The molecule has 1 amide bonds. The molecule has 3 aliphatic heterocycles. The van der Waals surface area contributed by atoms with E-state index in [0.29, 0.717) is 24.0 Å². The van der Waals surface area contributed by atoms with Gasteiger partial charge in [-0.25, -0.2) is 0 Å². The Kier molecular flexibility index (Phi) is 4.19. The second-order valence-electron chi connectivity index (χ2n) is 9.08. The van der Waals surface area contributed by atoms with Crippen molar-refractivity contribution in [1.82, 2.24) is 20.4 Å². The van der Waals surface area contributed by atoms with E-state index in [1.54, 1.807) is 10.9 Å². The zero-order valence-corrected chi connectivity index (χ0v) is 18.0. The first kappa shape index (κ1) is 19.7. The molecule has 1 aromatic heterocycles. The summed E-state index contributed by atoms with van der Waals surface area (Å²) in [6.45, 7) is 5.94. The highest BCUT2D eigenvalue weighted by molar-refractivity contribution is 6.00. The van der Waals surface area contributed by atoms with Gasteiger partial charge in [0.05, 0.1) is 17.2 Å². The molecule has 0 saturated heterocycles. The molecule has 0 aliphatic carbocycles. The first-order valence-electron chi connectivity index (χ1n) is 10.5. The second-order valence-corrected chi connectivity index (χ2v) is 9.08. The molecule has 2 aromatic rings. The number of amides is 1. The van der Waals surface area contributed by atoms with Gasteiger partial charge in [-0.3, -0.25) is 9.48 Å². The molecular weight excluding hydrogens is 395 g/mol. The average molecular weight is 420 g/mol. The van der Waals surface area contributed by atoms with Gasteiger partial charge in [0.25, 0.3) is 5.91 Å². The van der Waals surface area contributed by atoms with Gasteiger partial charge < -0.3 is 10.6 Å². The Balaban J connectivity index is 1.77. The van der Waals surface area contributed by atoms with Crippen LogP contribution in [0.2, 0.25) is 0 Å². The lowest BCUT2D eigenvalue weighted by molar-refractivity contribution is -0.120. The van der Waals surface area contributed by atoms with Crippen LogP contribution in [-0.4, -0.2) is 27.4 Å². The fraction of sp³-hybridized carbons (Fsp3) is 0.391. The van der Waals surface area contributed by atoms with E-state index in [4.69, 9.17) is 0 Å². The Bertz CT molecular complexity index is 1190. The third-order valence-electron chi connectivity index (χ3n) is 6.48. The molecule has 3 aliphatic rings. The third kappa shape index (κ3) is 2.85. The molecule has 2 atom stereocenters. The molecule has 0 spiro atoms. The van der Waals surface area contributed by atoms with E-state index in [9.17, 15) is 4.79 Å². The largest absolute Gasteiger partial charge is 0.362 e. The van der Waals surface area contributed by atoms with Crippen molar-refractivity contribution >= 4 is 5.91 Å². The number of aromatic nitrogens is 2. The van der Waals surface area contributed by atoms with Crippen LogP contribution in [0, 0.1) is 0 Å². The number of fused-ring (bicyclic) bond motifs is 1. The standard InChI is InChI=1S/C23H25FN6O/c1-5-23(15-8-6-7-13(9-15)14-11-25-30(4)12-14)17-16(10-22(2,3)27-21(17)31)26-20-18(23)19(24)28-29-20/h6-9,11-12,20,26H,5,10H2,1-4H3,(H,27,31)/t20?,23-/m1/s1. The maximum Gasteiger partial charge on any atom is 0.250 e. The lowest BCUT2D eigenvalue weighted by Crippen LogP contribution is -2.58. The number of rotatable bonds is 3. The number of hydrogen-bond donors (Lipinski definition) is 2. The lowest BCUT2D eigenvalue weighted by atomic mass is 9.62. The summed E-state index contributed by atoms with van der Waals surface area (Å²) in [5.74, 6) is -0.798. The molecule has 160 valence electrons.